The maximum Gasteiger partial charge on any atom is 0.418 e. The van der Waals surface area contributed by atoms with Gasteiger partial charge in [-0.1, -0.05) is 0 Å². The van der Waals surface area contributed by atoms with E-state index >= 15 is 0 Å². The van der Waals surface area contributed by atoms with E-state index in [0.717, 1.165) is 25.3 Å². The third kappa shape index (κ3) is 3.52. The summed E-state index contributed by atoms with van der Waals surface area (Å²) in [4.78, 5) is 27.4. The number of fused-ring (bicyclic) bond motifs is 3. The topological polar surface area (TPSA) is 104 Å². The van der Waals surface area contributed by atoms with Crippen molar-refractivity contribution in [3.63, 3.8) is 0 Å². The summed E-state index contributed by atoms with van der Waals surface area (Å²) in [5.74, 6) is -0.841. The smallest absolute Gasteiger partial charge is 0.418 e. The third-order valence-electron chi connectivity index (χ3n) is 5.10. The summed E-state index contributed by atoms with van der Waals surface area (Å²) in [6.07, 6.45) is -2.27. The second-order valence-corrected chi connectivity index (χ2v) is 7.06. The molecule has 29 heavy (non-hydrogen) atoms. The molecule has 1 aliphatic rings. The Morgan fingerprint density at radius 1 is 1.17 bits per heavy atom. The fraction of sp³-hybridized carbons (Fsp3) is 0.444. The fourth-order valence-corrected chi connectivity index (χ4v) is 3.76. The van der Waals surface area contributed by atoms with E-state index in [4.69, 9.17) is 5.11 Å². The Bertz CT molecular complexity index is 1150. The van der Waals surface area contributed by atoms with Gasteiger partial charge in [0, 0.05) is 19.5 Å². The molecular weight excluding hydrogens is 391 g/mol. The van der Waals surface area contributed by atoms with Crippen molar-refractivity contribution < 1.29 is 23.1 Å². The van der Waals surface area contributed by atoms with Crippen molar-refractivity contribution in [3.05, 3.63) is 33.9 Å². The van der Waals surface area contributed by atoms with Crippen LogP contribution in [0.4, 0.5) is 18.9 Å². The highest BCUT2D eigenvalue weighted by Gasteiger charge is 2.36. The van der Waals surface area contributed by atoms with Gasteiger partial charge in [-0.3, -0.25) is 14.0 Å². The monoisotopic (exact) mass is 409 g/mol. The van der Waals surface area contributed by atoms with Crippen molar-refractivity contribution in [1.82, 2.24) is 19.6 Å². The summed E-state index contributed by atoms with van der Waals surface area (Å²) in [6.45, 7) is 1.02. The van der Waals surface area contributed by atoms with Crippen LogP contribution in [0.25, 0.3) is 16.7 Å². The van der Waals surface area contributed by atoms with Crippen LogP contribution < -0.4 is 10.5 Å². The van der Waals surface area contributed by atoms with E-state index in [0.29, 0.717) is 18.6 Å². The zero-order chi connectivity index (χ0) is 20.8. The van der Waals surface area contributed by atoms with Crippen LogP contribution in [-0.4, -0.2) is 43.7 Å². The molecular formula is C18H18F3N5O3. The van der Waals surface area contributed by atoms with Gasteiger partial charge in [-0.05, 0) is 31.4 Å². The second-order valence-electron chi connectivity index (χ2n) is 7.06. The number of aliphatic carboxylic acids is 1. The van der Waals surface area contributed by atoms with Gasteiger partial charge in [0.2, 0.25) is 5.65 Å². The Morgan fingerprint density at radius 2 is 1.90 bits per heavy atom. The number of H-pyrrole nitrogens is 1. The normalized spacial score (nSPS) is 15.3. The second kappa shape index (κ2) is 7.05. The molecule has 154 valence electrons. The minimum atomic E-state index is -4.59. The minimum Gasteiger partial charge on any atom is -0.481 e. The molecule has 1 saturated heterocycles. The fourth-order valence-electron chi connectivity index (χ4n) is 3.76. The summed E-state index contributed by atoms with van der Waals surface area (Å²) in [5.41, 5.74) is -1.25. The molecule has 1 aromatic carbocycles. The first-order chi connectivity index (χ1) is 13.8. The average Bonchev–Trinajstić information content (AvgIpc) is 3.10. The standard InChI is InChI=1S/C18H18F3N5O3/c19-18(20,21)10-8-11-13(9-12(10)25-6-2-1-3-7-25)26-14(4-5-15(27)28)23-24-16(26)17(29)22-11/h8-9H,1-7H2,(H,22,29)(H,27,28). The van der Waals surface area contributed by atoms with Crippen molar-refractivity contribution in [2.24, 2.45) is 0 Å². The number of anilines is 1. The molecule has 0 radical (unpaired) electrons. The molecule has 8 nitrogen and oxygen atoms in total. The van der Waals surface area contributed by atoms with Gasteiger partial charge in [0.05, 0.1) is 28.7 Å². The lowest BCUT2D eigenvalue weighted by molar-refractivity contribution is -0.137. The van der Waals surface area contributed by atoms with Crippen molar-refractivity contribution >= 4 is 28.3 Å². The highest BCUT2D eigenvalue weighted by molar-refractivity contribution is 5.84. The van der Waals surface area contributed by atoms with Crippen molar-refractivity contribution in [2.45, 2.75) is 38.3 Å². The number of hydrogen-bond acceptors (Lipinski definition) is 5. The lowest BCUT2D eigenvalue weighted by atomic mass is 10.1. The molecule has 0 amide bonds. The number of nitrogens with one attached hydrogen (secondary N) is 1. The quantitative estimate of drug-likeness (QED) is 0.687. The zero-order valence-corrected chi connectivity index (χ0v) is 15.3. The molecule has 2 N–H and O–H groups in total. The van der Waals surface area contributed by atoms with Gasteiger partial charge in [-0.25, -0.2) is 0 Å². The average molecular weight is 409 g/mol. The van der Waals surface area contributed by atoms with E-state index < -0.39 is 23.3 Å². The Hall–Kier alpha value is -3.11. The van der Waals surface area contributed by atoms with Gasteiger partial charge < -0.3 is 15.0 Å². The van der Waals surface area contributed by atoms with Crippen LogP contribution in [0.15, 0.2) is 16.9 Å². The first kappa shape index (κ1) is 19.2. The molecule has 0 unspecified atom stereocenters. The van der Waals surface area contributed by atoms with Crippen LogP contribution >= 0.6 is 0 Å². The van der Waals surface area contributed by atoms with E-state index in [1.165, 1.54) is 10.5 Å². The molecule has 0 spiro atoms. The van der Waals surface area contributed by atoms with Crippen LogP contribution in [0.3, 0.4) is 0 Å². The van der Waals surface area contributed by atoms with Gasteiger partial charge in [-0.15, -0.1) is 10.2 Å². The largest absolute Gasteiger partial charge is 0.481 e. The van der Waals surface area contributed by atoms with Gasteiger partial charge in [0.25, 0.3) is 5.56 Å². The molecule has 0 bridgehead atoms. The number of halogens is 3. The van der Waals surface area contributed by atoms with Crippen LogP contribution in [-0.2, 0) is 17.4 Å². The number of hydrogen-bond donors (Lipinski definition) is 2. The van der Waals surface area contributed by atoms with E-state index in [1.54, 1.807) is 4.90 Å². The highest BCUT2D eigenvalue weighted by atomic mass is 19.4. The maximum absolute atomic E-state index is 13.8. The molecule has 0 atom stereocenters. The molecule has 1 aliphatic heterocycles. The lowest BCUT2D eigenvalue weighted by Crippen LogP contribution is -2.31. The molecule has 3 heterocycles. The van der Waals surface area contributed by atoms with Crippen LogP contribution in [0.2, 0.25) is 0 Å². The Labute approximate surface area is 162 Å². The summed E-state index contributed by atoms with van der Waals surface area (Å²) in [5, 5.41) is 16.6. The van der Waals surface area contributed by atoms with E-state index in [9.17, 15) is 22.8 Å². The summed E-state index contributed by atoms with van der Waals surface area (Å²) in [7, 11) is 0. The minimum absolute atomic E-state index is 0.00484. The molecule has 4 rings (SSSR count). The third-order valence-corrected chi connectivity index (χ3v) is 5.10. The number of carboxylic acid groups (broad SMARTS) is 1. The number of rotatable bonds is 4. The van der Waals surface area contributed by atoms with Crippen molar-refractivity contribution in [3.8, 4) is 0 Å². The van der Waals surface area contributed by atoms with E-state index in [2.05, 4.69) is 15.2 Å². The Morgan fingerprint density at radius 3 is 2.55 bits per heavy atom. The van der Waals surface area contributed by atoms with Crippen molar-refractivity contribution in [1.29, 1.82) is 0 Å². The first-order valence-electron chi connectivity index (χ1n) is 9.23. The van der Waals surface area contributed by atoms with Crippen molar-refractivity contribution in [2.75, 3.05) is 18.0 Å². The number of aryl methyl sites for hydroxylation is 1. The van der Waals surface area contributed by atoms with Gasteiger partial charge in [0.15, 0.2) is 0 Å². The number of aromatic nitrogens is 4. The van der Waals surface area contributed by atoms with Crippen LogP contribution in [0, 0.1) is 0 Å². The first-order valence-corrected chi connectivity index (χ1v) is 9.23. The number of nitrogens with zero attached hydrogens (tertiary/aromatic N) is 4. The van der Waals surface area contributed by atoms with Crippen LogP contribution in [0.1, 0.15) is 37.1 Å². The molecule has 0 aliphatic carbocycles. The predicted octanol–water partition coefficient (Wildman–Crippen LogP) is 2.60. The molecule has 2 aromatic heterocycles. The number of alkyl halides is 3. The number of benzene rings is 1. The lowest BCUT2D eigenvalue weighted by Gasteiger charge is -2.31. The van der Waals surface area contributed by atoms with Gasteiger partial charge in [0.1, 0.15) is 5.82 Å². The Balaban J connectivity index is 1.99. The summed E-state index contributed by atoms with van der Waals surface area (Å²) >= 11 is 0. The predicted molar refractivity (Wildman–Crippen MR) is 98.1 cm³/mol. The van der Waals surface area contributed by atoms with Gasteiger partial charge in [-0.2, -0.15) is 13.2 Å². The SMILES string of the molecule is O=C(O)CCc1nnc2c(=O)[nH]c3cc(C(F)(F)F)c(N4CCCCC4)cc3n12. The maximum atomic E-state index is 13.8. The number of carboxylic acids is 1. The molecule has 11 heteroatoms. The molecule has 1 fully saturated rings. The highest BCUT2D eigenvalue weighted by Crippen LogP contribution is 2.39. The number of piperidine rings is 1. The van der Waals surface area contributed by atoms with E-state index in [-0.39, 0.29) is 35.5 Å². The van der Waals surface area contributed by atoms with E-state index in [1.807, 2.05) is 0 Å². The molecule has 0 saturated carbocycles. The number of aromatic amines is 1. The van der Waals surface area contributed by atoms with Crippen LogP contribution in [0.5, 0.6) is 0 Å². The zero-order valence-electron chi connectivity index (χ0n) is 15.3. The Kier molecular flexibility index (Phi) is 4.67. The molecule has 3 aromatic rings. The number of carbonyl (C=O) groups is 1. The summed E-state index contributed by atoms with van der Waals surface area (Å²) < 4.78 is 42.6. The summed E-state index contributed by atoms with van der Waals surface area (Å²) in [6, 6.07) is 2.32. The van der Waals surface area contributed by atoms with Gasteiger partial charge >= 0.3 is 12.1 Å².